The molecule has 0 aliphatic carbocycles. The number of nitrogens with two attached hydrogens (primary N) is 1. The zero-order valence-corrected chi connectivity index (χ0v) is 12.6. The first-order chi connectivity index (χ1) is 10.2. The van der Waals surface area contributed by atoms with E-state index >= 15 is 0 Å². The lowest BCUT2D eigenvalue weighted by Gasteiger charge is -2.22. The van der Waals surface area contributed by atoms with Crippen LogP contribution in [0.2, 0.25) is 0 Å². The number of aromatic nitrogens is 2. The molecule has 5 heteroatoms. The van der Waals surface area contributed by atoms with E-state index < -0.39 is 0 Å². The maximum Gasteiger partial charge on any atom is 0.228 e. The van der Waals surface area contributed by atoms with Crippen molar-refractivity contribution in [3.8, 4) is 5.88 Å². The Morgan fingerprint density at radius 2 is 1.90 bits per heavy atom. The molecular weight excluding hydrogens is 264 g/mol. The van der Waals surface area contributed by atoms with E-state index in [1.807, 2.05) is 31.2 Å². The molecule has 21 heavy (non-hydrogen) atoms. The first-order valence-electron chi connectivity index (χ1n) is 7.28. The van der Waals surface area contributed by atoms with Crippen LogP contribution in [0.3, 0.4) is 0 Å². The molecule has 1 aromatic carbocycles. The summed E-state index contributed by atoms with van der Waals surface area (Å²) in [6, 6.07) is 9.67. The number of hydrogen-bond acceptors (Lipinski definition) is 5. The Bertz CT molecular complexity index is 556. The molecule has 0 aliphatic heterocycles. The first-order valence-corrected chi connectivity index (χ1v) is 7.28. The smallest absolute Gasteiger partial charge is 0.228 e. The Labute approximate surface area is 125 Å². The molecule has 0 radical (unpaired) electrons. The molecule has 0 saturated carbocycles. The number of hydrogen-bond donors (Lipinski definition) is 1. The van der Waals surface area contributed by atoms with Gasteiger partial charge in [0.15, 0.2) is 0 Å². The largest absolute Gasteiger partial charge is 0.478 e. The highest BCUT2D eigenvalue weighted by atomic mass is 16.5. The molecule has 0 aliphatic rings. The van der Waals surface area contributed by atoms with Crippen molar-refractivity contribution in [2.75, 3.05) is 23.8 Å². The number of benzene rings is 1. The minimum atomic E-state index is 0.599. The molecule has 0 bridgehead atoms. The van der Waals surface area contributed by atoms with Gasteiger partial charge in [-0.05, 0) is 31.0 Å². The first kappa shape index (κ1) is 15.1. The van der Waals surface area contributed by atoms with Crippen LogP contribution in [-0.2, 0) is 6.54 Å². The van der Waals surface area contributed by atoms with E-state index in [1.165, 1.54) is 5.56 Å². The lowest BCUT2D eigenvalue weighted by atomic mass is 10.2. The highest BCUT2D eigenvalue weighted by Crippen LogP contribution is 2.17. The monoisotopic (exact) mass is 286 g/mol. The van der Waals surface area contributed by atoms with E-state index in [0.29, 0.717) is 18.4 Å². The Hall–Kier alpha value is -2.30. The average Bonchev–Trinajstić information content (AvgIpc) is 2.50. The molecule has 0 spiro atoms. The summed E-state index contributed by atoms with van der Waals surface area (Å²) in [5.41, 5.74) is 7.68. The lowest BCUT2D eigenvalue weighted by Crippen LogP contribution is -2.25. The topological polar surface area (TPSA) is 64.3 Å². The Morgan fingerprint density at radius 1 is 1.14 bits per heavy atom. The number of rotatable bonds is 7. The maximum atomic E-state index is 5.73. The zero-order valence-electron chi connectivity index (χ0n) is 12.6. The van der Waals surface area contributed by atoms with Crippen LogP contribution in [0.5, 0.6) is 5.88 Å². The second-order valence-electron chi connectivity index (χ2n) is 4.79. The van der Waals surface area contributed by atoms with Crippen LogP contribution in [0, 0.1) is 0 Å². The van der Waals surface area contributed by atoms with Gasteiger partial charge in [0.25, 0.3) is 0 Å². The summed E-state index contributed by atoms with van der Waals surface area (Å²) in [6.45, 7) is 6.33. The van der Waals surface area contributed by atoms with Crippen molar-refractivity contribution in [2.45, 2.75) is 26.8 Å². The predicted octanol–water partition coefficient (Wildman–Crippen LogP) is 2.87. The number of nitrogen functional groups attached to an aromatic ring is 1. The van der Waals surface area contributed by atoms with E-state index in [0.717, 1.165) is 25.2 Å². The van der Waals surface area contributed by atoms with Crippen LogP contribution in [-0.4, -0.2) is 23.1 Å². The van der Waals surface area contributed by atoms with Crippen LogP contribution in [0.15, 0.2) is 36.5 Å². The number of ether oxygens (including phenoxy) is 1. The second kappa shape index (κ2) is 7.47. The van der Waals surface area contributed by atoms with E-state index in [-0.39, 0.29) is 0 Å². The van der Waals surface area contributed by atoms with Crippen molar-refractivity contribution >= 4 is 11.6 Å². The van der Waals surface area contributed by atoms with Gasteiger partial charge in [-0.25, -0.2) is 4.98 Å². The van der Waals surface area contributed by atoms with Gasteiger partial charge in [-0.2, -0.15) is 4.98 Å². The summed E-state index contributed by atoms with van der Waals surface area (Å²) >= 11 is 0. The highest BCUT2D eigenvalue weighted by Gasteiger charge is 2.10. The third-order valence-corrected chi connectivity index (χ3v) is 3.04. The summed E-state index contributed by atoms with van der Waals surface area (Å²) in [7, 11) is 0. The lowest BCUT2D eigenvalue weighted by molar-refractivity contribution is 0.326. The molecular formula is C16H22N4O. The van der Waals surface area contributed by atoms with Crippen molar-refractivity contribution in [2.24, 2.45) is 0 Å². The van der Waals surface area contributed by atoms with Crippen LogP contribution in [0.4, 0.5) is 11.6 Å². The van der Waals surface area contributed by atoms with Crippen molar-refractivity contribution < 1.29 is 4.74 Å². The summed E-state index contributed by atoms with van der Waals surface area (Å²) < 4.78 is 5.45. The zero-order chi connectivity index (χ0) is 15.1. The van der Waals surface area contributed by atoms with Gasteiger partial charge in [0.1, 0.15) is 0 Å². The van der Waals surface area contributed by atoms with Gasteiger partial charge in [0.05, 0.1) is 6.61 Å². The summed E-state index contributed by atoms with van der Waals surface area (Å²) in [4.78, 5) is 11.0. The van der Waals surface area contributed by atoms with Crippen LogP contribution in [0.1, 0.15) is 25.8 Å². The molecule has 5 nitrogen and oxygen atoms in total. The molecule has 1 aromatic heterocycles. The Kier molecular flexibility index (Phi) is 5.37. The molecule has 112 valence electrons. The van der Waals surface area contributed by atoms with Crippen molar-refractivity contribution in [3.05, 3.63) is 42.1 Å². The quantitative estimate of drug-likeness (QED) is 0.793. The number of nitrogens with zero attached hydrogens (tertiary/aromatic N) is 3. The Balaban J connectivity index is 2.17. The summed E-state index contributed by atoms with van der Waals surface area (Å²) in [5.74, 6) is 1.31. The molecule has 2 N–H and O–H groups in total. The fourth-order valence-corrected chi connectivity index (χ4v) is 2.08. The third kappa shape index (κ3) is 4.34. The minimum absolute atomic E-state index is 0.599. The van der Waals surface area contributed by atoms with Crippen molar-refractivity contribution in [1.82, 2.24) is 9.97 Å². The molecule has 0 fully saturated rings. The fourth-order valence-electron chi connectivity index (χ4n) is 2.08. The maximum absolute atomic E-state index is 5.73. The van der Waals surface area contributed by atoms with Crippen molar-refractivity contribution in [3.63, 3.8) is 0 Å². The Morgan fingerprint density at radius 3 is 2.57 bits per heavy atom. The summed E-state index contributed by atoms with van der Waals surface area (Å²) in [5, 5.41) is 0. The summed E-state index contributed by atoms with van der Waals surface area (Å²) in [6.07, 6.45) is 2.76. The van der Waals surface area contributed by atoms with E-state index in [1.54, 1.807) is 12.3 Å². The molecule has 0 saturated heterocycles. The predicted molar refractivity (Wildman–Crippen MR) is 85.4 cm³/mol. The van der Waals surface area contributed by atoms with Crippen molar-refractivity contribution in [1.29, 1.82) is 0 Å². The normalized spacial score (nSPS) is 10.4. The van der Waals surface area contributed by atoms with Gasteiger partial charge in [-0.3, -0.25) is 0 Å². The van der Waals surface area contributed by atoms with E-state index in [4.69, 9.17) is 10.5 Å². The van der Waals surface area contributed by atoms with Gasteiger partial charge in [-0.15, -0.1) is 0 Å². The number of anilines is 2. The van der Waals surface area contributed by atoms with Crippen LogP contribution in [0.25, 0.3) is 0 Å². The minimum Gasteiger partial charge on any atom is -0.478 e. The molecule has 1 heterocycles. The van der Waals surface area contributed by atoms with Gasteiger partial charge in [0, 0.05) is 31.0 Å². The fraction of sp³-hybridized carbons (Fsp3) is 0.375. The van der Waals surface area contributed by atoms with Crippen LogP contribution < -0.4 is 15.4 Å². The van der Waals surface area contributed by atoms with E-state index in [9.17, 15) is 0 Å². The highest BCUT2D eigenvalue weighted by molar-refractivity contribution is 5.41. The van der Waals surface area contributed by atoms with Crippen LogP contribution >= 0.6 is 0 Å². The SMILES string of the molecule is CCCN(Cc1ccc(N)cc1)c1nccc(OCC)n1. The average molecular weight is 286 g/mol. The molecule has 2 rings (SSSR count). The second-order valence-corrected chi connectivity index (χ2v) is 4.79. The molecule has 0 atom stereocenters. The van der Waals surface area contributed by atoms with Gasteiger partial charge < -0.3 is 15.4 Å². The van der Waals surface area contributed by atoms with Gasteiger partial charge in [-0.1, -0.05) is 19.1 Å². The third-order valence-electron chi connectivity index (χ3n) is 3.04. The van der Waals surface area contributed by atoms with Gasteiger partial charge >= 0.3 is 0 Å². The molecule has 2 aromatic rings. The standard InChI is InChI=1S/C16H22N4O/c1-3-11-20(12-13-5-7-14(17)8-6-13)16-18-10-9-15(19-16)21-4-2/h5-10H,3-4,11-12,17H2,1-2H3. The molecule has 0 amide bonds. The van der Waals surface area contributed by atoms with E-state index in [2.05, 4.69) is 21.8 Å². The molecule has 0 unspecified atom stereocenters. The van der Waals surface area contributed by atoms with Gasteiger partial charge in [0.2, 0.25) is 11.8 Å².